The SMILES string of the molecule is CC[C@@H](C)NC(=O)[C@@H](C)N(Cc1ccccc1)C(=O)CN(c1ccccc1F)S(=O)(=O)c1ccccc1. The molecule has 0 aliphatic carbocycles. The van der Waals surface area contributed by atoms with Gasteiger partial charge in [-0.1, -0.05) is 67.6 Å². The van der Waals surface area contributed by atoms with E-state index in [0.717, 1.165) is 15.9 Å². The molecule has 0 unspecified atom stereocenters. The Labute approximate surface area is 218 Å². The highest BCUT2D eigenvalue weighted by Crippen LogP contribution is 2.26. The summed E-state index contributed by atoms with van der Waals surface area (Å²) in [5.74, 6) is -1.78. The highest BCUT2D eigenvalue weighted by atomic mass is 32.2. The molecule has 0 aliphatic rings. The summed E-state index contributed by atoms with van der Waals surface area (Å²) in [5.41, 5.74) is 0.512. The number of hydrogen-bond donors (Lipinski definition) is 1. The van der Waals surface area contributed by atoms with Gasteiger partial charge in [-0.3, -0.25) is 13.9 Å². The molecule has 9 heteroatoms. The first kappa shape index (κ1) is 27.9. The molecule has 2 atom stereocenters. The molecule has 3 aromatic carbocycles. The number of amides is 2. The predicted octanol–water partition coefficient (Wildman–Crippen LogP) is 4.35. The molecule has 0 radical (unpaired) electrons. The molecule has 0 aromatic heterocycles. The first-order valence-electron chi connectivity index (χ1n) is 12.1. The van der Waals surface area contributed by atoms with Crippen LogP contribution in [0, 0.1) is 5.82 Å². The summed E-state index contributed by atoms with van der Waals surface area (Å²) in [4.78, 5) is 28.0. The minimum absolute atomic E-state index is 0.0747. The lowest BCUT2D eigenvalue weighted by Crippen LogP contribution is -2.52. The highest BCUT2D eigenvalue weighted by molar-refractivity contribution is 7.92. The Hall–Kier alpha value is -3.72. The second kappa shape index (κ2) is 12.5. The largest absolute Gasteiger partial charge is 0.352 e. The summed E-state index contributed by atoms with van der Waals surface area (Å²) in [6, 6.07) is 21.0. The molecule has 0 saturated heterocycles. The topological polar surface area (TPSA) is 86.8 Å². The molecule has 196 valence electrons. The third-order valence-corrected chi connectivity index (χ3v) is 7.87. The van der Waals surface area contributed by atoms with E-state index in [-0.39, 0.29) is 29.1 Å². The van der Waals surface area contributed by atoms with Gasteiger partial charge in [-0.05, 0) is 50.1 Å². The number of carbonyl (C=O) groups is 2. The monoisotopic (exact) mass is 525 g/mol. The van der Waals surface area contributed by atoms with Crippen molar-refractivity contribution >= 4 is 27.5 Å². The number of rotatable bonds is 11. The predicted molar refractivity (Wildman–Crippen MR) is 142 cm³/mol. The summed E-state index contributed by atoms with van der Waals surface area (Å²) < 4.78 is 42.8. The second-order valence-corrected chi connectivity index (χ2v) is 10.6. The average Bonchev–Trinajstić information content (AvgIpc) is 2.91. The minimum Gasteiger partial charge on any atom is -0.352 e. The maximum Gasteiger partial charge on any atom is 0.264 e. The van der Waals surface area contributed by atoms with E-state index in [1.807, 2.05) is 44.2 Å². The van der Waals surface area contributed by atoms with Gasteiger partial charge in [-0.25, -0.2) is 12.8 Å². The van der Waals surface area contributed by atoms with Crippen LogP contribution in [-0.4, -0.2) is 43.8 Å². The van der Waals surface area contributed by atoms with Crippen LogP contribution >= 0.6 is 0 Å². The Morgan fingerprint density at radius 2 is 1.46 bits per heavy atom. The third kappa shape index (κ3) is 6.95. The first-order chi connectivity index (χ1) is 17.6. The Morgan fingerprint density at radius 3 is 2.05 bits per heavy atom. The number of nitrogens with zero attached hydrogens (tertiary/aromatic N) is 2. The van der Waals surface area contributed by atoms with Crippen LogP contribution in [0.15, 0.2) is 89.8 Å². The average molecular weight is 526 g/mol. The molecule has 1 N–H and O–H groups in total. The number of hydrogen-bond acceptors (Lipinski definition) is 4. The molecule has 37 heavy (non-hydrogen) atoms. The fourth-order valence-corrected chi connectivity index (χ4v) is 5.16. The molecule has 3 rings (SSSR count). The van der Waals surface area contributed by atoms with E-state index in [9.17, 15) is 22.4 Å². The van der Waals surface area contributed by atoms with E-state index in [0.29, 0.717) is 6.42 Å². The third-order valence-electron chi connectivity index (χ3n) is 6.10. The Balaban J connectivity index is 2.01. The summed E-state index contributed by atoms with van der Waals surface area (Å²) >= 11 is 0. The molecule has 0 heterocycles. The lowest BCUT2D eigenvalue weighted by atomic mass is 10.1. The molecule has 0 fully saturated rings. The van der Waals surface area contributed by atoms with Gasteiger partial charge in [0, 0.05) is 12.6 Å². The van der Waals surface area contributed by atoms with Crippen molar-refractivity contribution in [2.45, 2.75) is 50.7 Å². The fraction of sp³-hybridized carbons (Fsp3) is 0.286. The van der Waals surface area contributed by atoms with Crippen molar-refractivity contribution in [3.8, 4) is 0 Å². The quantitative estimate of drug-likeness (QED) is 0.403. The zero-order chi connectivity index (χ0) is 27.0. The van der Waals surface area contributed by atoms with Crippen LogP contribution in [0.25, 0.3) is 0 Å². The molecule has 2 amide bonds. The van der Waals surface area contributed by atoms with Crippen molar-refractivity contribution in [1.29, 1.82) is 0 Å². The van der Waals surface area contributed by atoms with Gasteiger partial charge in [0.25, 0.3) is 10.0 Å². The number of nitrogens with one attached hydrogen (secondary N) is 1. The van der Waals surface area contributed by atoms with Gasteiger partial charge in [0.15, 0.2) is 0 Å². The van der Waals surface area contributed by atoms with Gasteiger partial charge in [-0.15, -0.1) is 0 Å². The molecule has 0 aliphatic heterocycles. The van der Waals surface area contributed by atoms with Gasteiger partial charge in [0.1, 0.15) is 18.4 Å². The van der Waals surface area contributed by atoms with E-state index in [2.05, 4.69) is 5.32 Å². The van der Waals surface area contributed by atoms with Crippen molar-refractivity contribution in [2.24, 2.45) is 0 Å². The first-order valence-corrected chi connectivity index (χ1v) is 13.5. The number of anilines is 1. The molecular weight excluding hydrogens is 493 g/mol. The Morgan fingerprint density at radius 1 is 0.892 bits per heavy atom. The van der Waals surface area contributed by atoms with Crippen molar-refractivity contribution in [2.75, 3.05) is 10.8 Å². The number of benzene rings is 3. The number of para-hydroxylation sites is 1. The molecule has 0 saturated carbocycles. The summed E-state index contributed by atoms with van der Waals surface area (Å²) in [7, 11) is -4.30. The maximum atomic E-state index is 14.9. The van der Waals surface area contributed by atoms with Crippen LogP contribution in [0.4, 0.5) is 10.1 Å². The normalized spacial score (nSPS) is 12.9. The smallest absolute Gasteiger partial charge is 0.264 e. The Kier molecular flexibility index (Phi) is 9.41. The zero-order valence-corrected chi connectivity index (χ0v) is 22.0. The number of carbonyl (C=O) groups excluding carboxylic acids is 2. The van der Waals surface area contributed by atoms with Crippen LogP contribution in [0.2, 0.25) is 0 Å². The van der Waals surface area contributed by atoms with Crippen molar-refractivity contribution in [3.63, 3.8) is 0 Å². The van der Waals surface area contributed by atoms with E-state index < -0.39 is 34.3 Å². The van der Waals surface area contributed by atoms with E-state index in [1.54, 1.807) is 25.1 Å². The molecule has 7 nitrogen and oxygen atoms in total. The van der Waals surface area contributed by atoms with Gasteiger partial charge >= 0.3 is 0 Å². The van der Waals surface area contributed by atoms with Crippen LogP contribution in [-0.2, 0) is 26.2 Å². The second-order valence-electron chi connectivity index (χ2n) is 8.78. The zero-order valence-electron chi connectivity index (χ0n) is 21.2. The van der Waals surface area contributed by atoms with Crippen LogP contribution in [0.5, 0.6) is 0 Å². The van der Waals surface area contributed by atoms with Crippen molar-refractivity contribution in [3.05, 3.63) is 96.3 Å². The van der Waals surface area contributed by atoms with E-state index in [1.165, 1.54) is 35.2 Å². The number of halogens is 1. The molecular formula is C28H32FN3O4S. The van der Waals surface area contributed by atoms with Crippen LogP contribution in [0.1, 0.15) is 32.8 Å². The van der Waals surface area contributed by atoms with Crippen molar-refractivity contribution < 1.29 is 22.4 Å². The van der Waals surface area contributed by atoms with Crippen LogP contribution in [0.3, 0.4) is 0 Å². The van der Waals surface area contributed by atoms with Gasteiger partial charge in [0.05, 0.1) is 10.6 Å². The molecule has 3 aromatic rings. The maximum absolute atomic E-state index is 14.9. The fourth-order valence-electron chi connectivity index (χ4n) is 3.72. The lowest BCUT2D eigenvalue weighted by Gasteiger charge is -2.32. The lowest BCUT2D eigenvalue weighted by molar-refractivity contribution is -0.139. The number of sulfonamides is 1. The standard InChI is InChI=1S/C28H32FN3O4S/c1-4-21(2)30-28(34)22(3)31(19-23-13-7-5-8-14-23)27(33)20-32(26-18-12-11-17-25(26)29)37(35,36)24-15-9-6-10-16-24/h5-18,21-22H,4,19-20H2,1-3H3,(H,30,34)/t21-,22-/m1/s1. The highest BCUT2D eigenvalue weighted by Gasteiger charge is 2.33. The van der Waals surface area contributed by atoms with Crippen molar-refractivity contribution in [1.82, 2.24) is 10.2 Å². The summed E-state index contributed by atoms with van der Waals surface area (Å²) in [6.45, 7) is 4.78. The summed E-state index contributed by atoms with van der Waals surface area (Å²) in [5, 5.41) is 2.88. The summed E-state index contributed by atoms with van der Waals surface area (Å²) in [6.07, 6.45) is 0.710. The van der Waals surface area contributed by atoms with Crippen LogP contribution < -0.4 is 9.62 Å². The van der Waals surface area contributed by atoms with E-state index in [4.69, 9.17) is 0 Å². The van der Waals surface area contributed by atoms with Gasteiger partial charge in [0.2, 0.25) is 11.8 Å². The van der Waals surface area contributed by atoms with E-state index >= 15 is 0 Å². The van der Waals surface area contributed by atoms with Gasteiger partial charge in [-0.2, -0.15) is 0 Å². The molecule has 0 spiro atoms. The minimum atomic E-state index is -4.30. The Bertz CT molecular complexity index is 1300. The molecule has 0 bridgehead atoms. The van der Waals surface area contributed by atoms with Gasteiger partial charge < -0.3 is 10.2 Å².